The van der Waals surface area contributed by atoms with Crippen molar-refractivity contribution in [1.82, 2.24) is 10.2 Å². The molecule has 0 aliphatic carbocycles. The van der Waals surface area contributed by atoms with Crippen molar-refractivity contribution >= 4 is 7.80 Å². The number of hydrogen-bond donors (Lipinski definition) is 1. The smallest absolute Gasteiger partial charge is 0.314 e. The molecule has 4 heteroatoms. The Hall–Kier alpha value is 0.0200. The van der Waals surface area contributed by atoms with Crippen LogP contribution in [0.1, 0.15) is 6.42 Å². The fourth-order valence-corrected chi connectivity index (χ4v) is 2.04. The highest BCUT2D eigenvalue weighted by Gasteiger charge is 2.11. The van der Waals surface area contributed by atoms with E-state index in [-0.39, 0.29) is 0 Å². The van der Waals surface area contributed by atoms with Crippen LogP contribution in [0.15, 0.2) is 0 Å². The fraction of sp³-hybridized carbons (Fsp3) is 1.00. The number of hydrogen-bond acceptors (Lipinski definition) is 3. The minimum absolute atomic E-state index is 0.888. The Bertz CT molecular complexity index is 146. The molecule has 3 nitrogen and oxygen atoms in total. The van der Waals surface area contributed by atoms with Crippen LogP contribution in [0, 0.1) is 0 Å². The van der Waals surface area contributed by atoms with Crippen LogP contribution in [0.3, 0.4) is 0 Å². The van der Waals surface area contributed by atoms with Crippen molar-refractivity contribution in [2.75, 3.05) is 45.6 Å². The van der Waals surface area contributed by atoms with E-state index in [4.69, 9.17) is 0 Å². The van der Waals surface area contributed by atoms with E-state index >= 15 is 0 Å². The van der Waals surface area contributed by atoms with Crippen molar-refractivity contribution in [2.45, 2.75) is 6.42 Å². The summed E-state index contributed by atoms with van der Waals surface area (Å²) in [5.74, 6) is 0. The van der Waals surface area contributed by atoms with Gasteiger partial charge in [-0.05, 0) is 0 Å². The quantitative estimate of drug-likeness (QED) is 0.662. The van der Waals surface area contributed by atoms with Crippen molar-refractivity contribution in [1.29, 1.82) is 0 Å². The molecule has 0 aromatic rings. The van der Waals surface area contributed by atoms with Gasteiger partial charge in [-0.1, -0.05) is 4.57 Å². The average molecular weight is 189 g/mol. The molecule has 0 radical (unpaired) electrons. The molecule has 1 fully saturated rings. The van der Waals surface area contributed by atoms with Gasteiger partial charge in [0.15, 0.2) is 0 Å². The third kappa shape index (κ3) is 4.15. The van der Waals surface area contributed by atoms with E-state index in [0.717, 1.165) is 45.3 Å². The van der Waals surface area contributed by atoms with Gasteiger partial charge in [0.1, 0.15) is 12.8 Å². The zero-order chi connectivity index (χ0) is 8.81. The summed E-state index contributed by atoms with van der Waals surface area (Å²) < 4.78 is 10.8. The maximum atomic E-state index is 10.8. The molecule has 1 aliphatic rings. The molecule has 12 heavy (non-hydrogen) atoms. The number of rotatable bonds is 4. The average Bonchev–Trinajstić information content (AvgIpc) is 2.05. The first-order valence-electron chi connectivity index (χ1n) is 4.60. The summed E-state index contributed by atoms with van der Waals surface area (Å²) in [6, 6.07) is 0. The molecular formula is C8H18N2OP+. The molecule has 0 saturated carbocycles. The first-order chi connectivity index (χ1) is 5.79. The Labute approximate surface area is 75.3 Å². The summed E-state index contributed by atoms with van der Waals surface area (Å²) in [5, 5.41) is 3.31. The molecule has 0 aromatic heterocycles. The molecule has 1 heterocycles. The van der Waals surface area contributed by atoms with Crippen LogP contribution >= 0.6 is 7.80 Å². The van der Waals surface area contributed by atoms with E-state index in [1.807, 2.05) is 6.66 Å². The highest BCUT2D eigenvalue weighted by atomic mass is 31.1. The van der Waals surface area contributed by atoms with Crippen molar-refractivity contribution in [3.05, 3.63) is 0 Å². The van der Waals surface area contributed by atoms with Gasteiger partial charge < -0.3 is 10.2 Å². The van der Waals surface area contributed by atoms with Gasteiger partial charge in [0.2, 0.25) is 0 Å². The van der Waals surface area contributed by atoms with Crippen molar-refractivity contribution < 1.29 is 4.57 Å². The molecule has 0 bridgehead atoms. The first kappa shape index (κ1) is 10.1. The largest absolute Gasteiger partial charge is 0.335 e. The van der Waals surface area contributed by atoms with E-state index in [1.54, 1.807) is 0 Å². The summed E-state index contributed by atoms with van der Waals surface area (Å²) in [4.78, 5) is 2.44. The zero-order valence-corrected chi connectivity index (χ0v) is 8.65. The summed E-state index contributed by atoms with van der Waals surface area (Å²) in [6.07, 6.45) is 1.98. The van der Waals surface area contributed by atoms with Gasteiger partial charge in [-0.15, -0.1) is 0 Å². The van der Waals surface area contributed by atoms with Gasteiger partial charge in [0, 0.05) is 39.1 Å². The van der Waals surface area contributed by atoms with E-state index in [0.29, 0.717) is 0 Å². The summed E-state index contributed by atoms with van der Waals surface area (Å²) in [7, 11) is -0.920. The molecule has 1 rings (SSSR count). The third-order valence-electron chi connectivity index (χ3n) is 2.16. The molecule has 1 saturated heterocycles. The van der Waals surface area contributed by atoms with Gasteiger partial charge >= 0.3 is 7.80 Å². The lowest BCUT2D eigenvalue weighted by molar-refractivity contribution is 0.242. The highest BCUT2D eigenvalue weighted by Crippen LogP contribution is 2.14. The number of piperazine rings is 1. The monoisotopic (exact) mass is 189 g/mol. The minimum Gasteiger partial charge on any atom is -0.314 e. The van der Waals surface area contributed by atoms with Crippen LogP contribution in [0.4, 0.5) is 0 Å². The lowest BCUT2D eigenvalue weighted by Gasteiger charge is -2.26. The normalized spacial score (nSPS) is 20.9. The second-order valence-electron chi connectivity index (χ2n) is 3.30. The molecule has 1 unspecified atom stereocenters. The van der Waals surface area contributed by atoms with Crippen LogP contribution in [-0.2, 0) is 4.57 Å². The second kappa shape index (κ2) is 5.63. The van der Waals surface area contributed by atoms with Crippen LogP contribution < -0.4 is 5.32 Å². The molecular weight excluding hydrogens is 171 g/mol. The van der Waals surface area contributed by atoms with E-state index in [1.165, 1.54) is 0 Å². The standard InChI is InChI=1S/C8H18N2OP/c1-12(11)8-2-5-10-6-3-9-4-7-10/h9H,2-8H2,1H3/q+1. The fourth-order valence-electron chi connectivity index (χ4n) is 1.45. The lowest BCUT2D eigenvalue weighted by Crippen LogP contribution is -2.43. The topological polar surface area (TPSA) is 32.3 Å². The van der Waals surface area contributed by atoms with Crippen molar-refractivity contribution in [3.63, 3.8) is 0 Å². The van der Waals surface area contributed by atoms with Crippen molar-refractivity contribution in [2.24, 2.45) is 0 Å². The van der Waals surface area contributed by atoms with Gasteiger partial charge in [-0.2, -0.15) is 0 Å². The molecule has 0 amide bonds. The van der Waals surface area contributed by atoms with Gasteiger partial charge in [0.05, 0.1) is 0 Å². The maximum Gasteiger partial charge on any atom is 0.335 e. The Balaban J connectivity index is 2.01. The molecule has 0 aromatic carbocycles. The molecule has 1 N–H and O–H groups in total. The first-order valence-corrected chi connectivity index (χ1v) is 6.49. The SMILES string of the molecule is C[P+](=O)CCCN1CCNCC1. The summed E-state index contributed by atoms with van der Waals surface area (Å²) >= 11 is 0. The number of nitrogens with one attached hydrogen (secondary N) is 1. The Morgan fingerprint density at radius 1 is 1.42 bits per heavy atom. The van der Waals surface area contributed by atoms with Crippen molar-refractivity contribution in [3.8, 4) is 0 Å². The predicted octanol–water partition coefficient (Wildman–Crippen LogP) is 0.739. The third-order valence-corrected chi connectivity index (χ3v) is 3.10. The van der Waals surface area contributed by atoms with E-state index in [2.05, 4.69) is 10.2 Å². The molecule has 70 valence electrons. The highest BCUT2D eigenvalue weighted by molar-refractivity contribution is 7.43. The molecule has 1 aliphatic heterocycles. The van der Waals surface area contributed by atoms with E-state index < -0.39 is 7.80 Å². The molecule has 0 spiro atoms. The summed E-state index contributed by atoms with van der Waals surface area (Å²) in [6.45, 7) is 7.46. The van der Waals surface area contributed by atoms with Crippen LogP contribution in [0.25, 0.3) is 0 Å². The Kier molecular flexibility index (Phi) is 4.74. The maximum absolute atomic E-state index is 10.8. The lowest BCUT2D eigenvalue weighted by atomic mass is 10.3. The molecule has 1 atom stereocenters. The number of nitrogens with zero attached hydrogens (tertiary/aromatic N) is 1. The van der Waals surface area contributed by atoms with Crippen LogP contribution in [0.5, 0.6) is 0 Å². The predicted molar refractivity (Wildman–Crippen MR) is 52.3 cm³/mol. The van der Waals surface area contributed by atoms with Gasteiger partial charge in [-0.3, -0.25) is 0 Å². The second-order valence-corrected chi connectivity index (χ2v) is 5.00. The van der Waals surface area contributed by atoms with Gasteiger partial charge in [0.25, 0.3) is 0 Å². The van der Waals surface area contributed by atoms with E-state index in [9.17, 15) is 4.57 Å². The summed E-state index contributed by atoms with van der Waals surface area (Å²) in [5.41, 5.74) is 0. The minimum atomic E-state index is -0.920. The Morgan fingerprint density at radius 2 is 2.08 bits per heavy atom. The Morgan fingerprint density at radius 3 is 2.67 bits per heavy atom. The van der Waals surface area contributed by atoms with Gasteiger partial charge in [-0.25, -0.2) is 0 Å². The van der Waals surface area contributed by atoms with Crippen LogP contribution in [-0.4, -0.2) is 50.5 Å². The zero-order valence-electron chi connectivity index (χ0n) is 7.75. The van der Waals surface area contributed by atoms with Crippen LogP contribution in [0.2, 0.25) is 0 Å².